The van der Waals surface area contributed by atoms with Crippen molar-refractivity contribution in [3.8, 4) is 11.5 Å². The molecule has 1 aliphatic carbocycles. The molecule has 0 aliphatic heterocycles. The average molecular weight is 512 g/mol. The van der Waals surface area contributed by atoms with E-state index in [0.717, 1.165) is 5.56 Å². The molecule has 34 heavy (non-hydrogen) atoms. The lowest BCUT2D eigenvalue weighted by Gasteiger charge is -2.35. The van der Waals surface area contributed by atoms with Crippen LogP contribution in [0.5, 0.6) is 11.5 Å². The summed E-state index contributed by atoms with van der Waals surface area (Å²) in [5.74, 6) is -0.451. The standard InChI is InChI=1S/C11H14O4.C9H10F8O2/c1-13-9-5-4-8(6-10(9)14-2)7-11(12)15-3;10-7(11)4-1-2-5(18-8(12,13)14)6(3-4)19-9(15,16)17/h4-6H,7H2,1-3H3;4-7H,1-3H2. The SMILES string of the molecule is COC(=O)Cc1ccc(OC)c(OC)c1.FC(F)C1CCC(OC(F)(F)F)C(OC(F)(F)F)C1. The Kier molecular flexibility index (Phi) is 11.3. The summed E-state index contributed by atoms with van der Waals surface area (Å²) < 4.78 is 119. The number of carbonyl (C=O) groups excluding carboxylic acids is 1. The van der Waals surface area contributed by atoms with E-state index in [1.807, 2.05) is 0 Å². The van der Waals surface area contributed by atoms with Crippen LogP contribution in [0.25, 0.3) is 0 Å². The predicted octanol–water partition coefficient (Wildman–Crippen LogP) is 5.28. The lowest BCUT2D eigenvalue weighted by atomic mass is 9.85. The normalized spacial score (nSPS) is 20.9. The van der Waals surface area contributed by atoms with Crippen LogP contribution in [0.2, 0.25) is 0 Å². The molecule has 1 aromatic rings. The number of rotatable bonds is 7. The van der Waals surface area contributed by atoms with Crippen molar-refractivity contribution >= 4 is 5.97 Å². The summed E-state index contributed by atoms with van der Waals surface area (Å²) in [6.45, 7) is 0. The fraction of sp³-hybridized carbons (Fsp3) is 0.650. The first-order valence-electron chi connectivity index (χ1n) is 9.74. The van der Waals surface area contributed by atoms with Crippen LogP contribution < -0.4 is 9.47 Å². The Morgan fingerprint density at radius 3 is 1.94 bits per heavy atom. The van der Waals surface area contributed by atoms with Crippen molar-refractivity contribution in [1.29, 1.82) is 0 Å². The Hall–Kier alpha value is -2.35. The molecule has 0 N–H and O–H groups in total. The molecule has 3 unspecified atom stereocenters. The average Bonchev–Trinajstić information content (AvgIpc) is 2.73. The maximum absolute atomic E-state index is 12.4. The van der Waals surface area contributed by atoms with Gasteiger partial charge in [0.25, 0.3) is 0 Å². The van der Waals surface area contributed by atoms with E-state index >= 15 is 0 Å². The highest BCUT2D eigenvalue weighted by Gasteiger charge is 2.46. The van der Waals surface area contributed by atoms with Gasteiger partial charge in [-0.25, -0.2) is 8.78 Å². The highest BCUT2D eigenvalue weighted by molar-refractivity contribution is 5.72. The van der Waals surface area contributed by atoms with Crippen molar-refractivity contribution < 1.29 is 63.6 Å². The predicted molar refractivity (Wildman–Crippen MR) is 100 cm³/mol. The maximum Gasteiger partial charge on any atom is 0.522 e. The second kappa shape index (κ2) is 12.9. The van der Waals surface area contributed by atoms with Crippen LogP contribution in [0.15, 0.2) is 18.2 Å². The van der Waals surface area contributed by atoms with Crippen molar-refractivity contribution in [3.05, 3.63) is 23.8 Å². The van der Waals surface area contributed by atoms with Crippen LogP contribution in [0, 0.1) is 5.92 Å². The number of alkyl halides is 8. The minimum atomic E-state index is -5.21. The Morgan fingerprint density at radius 2 is 1.47 bits per heavy atom. The molecule has 0 spiro atoms. The monoisotopic (exact) mass is 512 g/mol. The lowest BCUT2D eigenvalue weighted by molar-refractivity contribution is -0.394. The first-order valence-corrected chi connectivity index (χ1v) is 9.74. The zero-order valence-corrected chi connectivity index (χ0v) is 18.3. The summed E-state index contributed by atoms with van der Waals surface area (Å²) in [6.07, 6.45) is -18.8. The molecule has 2 rings (SSSR count). The van der Waals surface area contributed by atoms with Gasteiger partial charge in [0, 0.05) is 5.92 Å². The topological polar surface area (TPSA) is 63.2 Å². The van der Waals surface area contributed by atoms with Crippen molar-refractivity contribution in [2.75, 3.05) is 21.3 Å². The van der Waals surface area contributed by atoms with E-state index in [1.54, 1.807) is 32.4 Å². The van der Waals surface area contributed by atoms with Crippen LogP contribution >= 0.6 is 0 Å². The van der Waals surface area contributed by atoms with Gasteiger partial charge in [0.1, 0.15) is 0 Å². The van der Waals surface area contributed by atoms with Gasteiger partial charge in [-0.2, -0.15) is 0 Å². The van der Waals surface area contributed by atoms with Gasteiger partial charge in [0.2, 0.25) is 6.43 Å². The van der Waals surface area contributed by atoms with Gasteiger partial charge in [-0.15, -0.1) is 26.3 Å². The number of esters is 1. The minimum Gasteiger partial charge on any atom is -0.493 e. The van der Waals surface area contributed by atoms with E-state index in [2.05, 4.69) is 14.2 Å². The third kappa shape index (κ3) is 10.7. The minimum absolute atomic E-state index is 0.233. The molecule has 196 valence electrons. The third-order valence-corrected chi connectivity index (χ3v) is 4.72. The van der Waals surface area contributed by atoms with Gasteiger partial charge >= 0.3 is 18.7 Å². The smallest absolute Gasteiger partial charge is 0.493 e. The van der Waals surface area contributed by atoms with Crippen LogP contribution in [0.1, 0.15) is 24.8 Å². The van der Waals surface area contributed by atoms with Gasteiger partial charge in [-0.05, 0) is 37.0 Å². The van der Waals surface area contributed by atoms with Crippen LogP contribution in [0.4, 0.5) is 35.1 Å². The fourth-order valence-electron chi connectivity index (χ4n) is 3.19. The lowest BCUT2D eigenvalue weighted by Crippen LogP contribution is -2.44. The molecule has 0 saturated heterocycles. The molecule has 0 bridgehead atoms. The molecule has 0 aromatic heterocycles. The van der Waals surface area contributed by atoms with Crippen LogP contribution in [0.3, 0.4) is 0 Å². The van der Waals surface area contributed by atoms with Crippen LogP contribution in [-0.2, 0) is 25.4 Å². The second-order valence-electron chi connectivity index (χ2n) is 7.05. The Balaban J connectivity index is 0.000000350. The van der Waals surface area contributed by atoms with E-state index in [4.69, 9.17) is 9.47 Å². The zero-order chi connectivity index (χ0) is 26.1. The quantitative estimate of drug-likeness (QED) is 0.366. The van der Waals surface area contributed by atoms with Crippen molar-refractivity contribution in [2.45, 2.75) is 57.0 Å². The number of benzene rings is 1. The zero-order valence-electron chi connectivity index (χ0n) is 18.3. The van der Waals surface area contributed by atoms with Gasteiger partial charge in [0.15, 0.2) is 11.5 Å². The number of methoxy groups -OCH3 is 3. The molecular weight excluding hydrogens is 488 g/mol. The van der Waals surface area contributed by atoms with Crippen LogP contribution in [-0.4, -0.2) is 58.7 Å². The van der Waals surface area contributed by atoms with Gasteiger partial charge < -0.3 is 14.2 Å². The van der Waals surface area contributed by atoms with Crippen molar-refractivity contribution in [3.63, 3.8) is 0 Å². The van der Waals surface area contributed by atoms with Crippen molar-refractivity contribution in [2.24, 2.45) is 5.92 Å². The van der Waals surface area contributed by atoms with Gasteiger partial charge in [-0.3, -0.25) is 14.3 Å². The summed E-state index contributed by atoms with van der Waals surface area (Å²) in [7, 11) is 4.49. The summed E-state index contributed by atoms with van der Waals surface area (Å²) >= 11 is 0. The Morgan fingerprint density at radius 1 is 0.912 bits per heavy atom. The number of halogens is 8. The molecule has 3 atom stereocenters. The fourth-order valence-corrected chi connectivity index (χ4v) is 3.19. The van der Waals surface area contributed by atoms with Gasteiger partial charge in [-0.1, -0.05) is 6.07 Å². The number of ether oxygens (including phenoxy) is 5. The molecule has 0 radical (unpaired) electrons. The Bertz CT molecular complexity index is 768. The van der Waals surface area contributed by atoms with Crippen molar-refractivity contribution in [1.82, 2.24) is 0 Å². The molecule has 14 heteroatoms. The third-order valence-electron chi connectivity index (χ3n) is 4.72. The number of hydrogen-bond acceptors (Lipinski definition) is 6. The van der Waals surface area contributed by atoms with Gasteiger partial charge in [0.05, 0.1) is 40.0 Å². The molecule has 0 amide bonds. The number of hydrogen-bond donors (Lipinski definition) is 0. The van der Waals surface area contributed by atoms with E-state index in [9.17, 15) is 39.9 Å². The molecular formula is C20H24F8O6. The molecule has 0 heterocycles. The first-order chi connectivity index (χ1) is 15.7. The largest absolute Gasteiger partial charge is 0.522 e. The number of carbonyl (C=O) groups is 1. The van der Waals surface area contributed by atoms with E-state index < -0.39 is 50.1 Å². The highest BCUT2D eigenvalue weighted by Crippen LogP contribution is 2.37. The van der Waals surface area contributed by atoms with E-state index in [0.29, 0.717) is 11.5 Å². The summed E-state index contributed by atoms with van der Waals surface area (Å²) in [5, 5.41) is 0. The van der Waals surface area contributed by atoms with E-state index in [-0.39, 0.29) is 18.8 Å². The Labute approximate surface area is 190 Å². The summed E-state index contributed by atoms with van der Waals surface area (Å²) in [5.41, 5.74) is 0.833. The molecule has 1 aromatic carbocycles. The van der Waals surface area contributed by atoms with E-state index in [1.165, 1.54) is 7.11 Å². The molecule has 1 fully saturated rings. The second-order valence-corrected chi connectivity index (χ2v) is 7.05. The summed E-state index contributed by atoms with van der Waals surface area (Å²) in [6, 6.07) is 5.32. The maximum atomic E-state index is 12.4. The molecule has 1 aliphatic rings. The molecule has 1 saturated carbocycles. The molecule has 6 nitrogen and oxygen atoms in total. The first kappa shape index (κ1) is 29.7. The summed E-state index contributed by atoms with van der Waals surface area (Å²) in [4.78, 5) is 11.0. The highest BCUT2D eigenvalue weighted by atomic mass is 19.4.